The maximum absolute atomic E-state index is 11.8. The first-order valence-corrected chi connectivity index (χ1v) is 7.24. The third-order valence-electron chi connectivity index (χ3n) is 2.73. The van der Waals surface area contributed by atoms with Gasteiger partial charge >= 0.3 is 0 Å². The van der Waals surface area contributed by atoms with Gasteiger partial charge in [0.05, 0.1) is 4.92 Å². The van der Waals surface area contributed by atoms with Crippen LogP contribution in [0.1, 0.15) is 24.5 Å². The number of nitro benzene ring substituents is 1. The molecule has 0 fully saturated rings. The Morgan fingerprint density at radius 2 is 2.17 bits per heavy atom. The molecule has 0 heterocycles. The van der Waals surface area contributed by atoms with E-state index in [0.717, 1.165) is 5.56 Å². The first-order chi connectivity index (χ1) is 8.41. The first kappa shape index (κ1) is 14.8. The van der Waals surface area contributed by atoms with Crippen molar-refractivity contribution in [2.24, 2.45) is 5.73 Å². The van der Waals surface area contributed by atoms with Gasteiger partial charge in [-0.15, -0.1) is 0 Å². The summed E-state index contributed by atoms with van der Waals surface area (Å²) in [6, 6.07) is 4.90. The van der Waals surface area contributed by atoms with Gasteiger partial charge in [0.1, 0.15) is 0 Å². The van der Waals surface area contributed by atoms with Crippen molar-refractivity contribution in [3.05, 3.63) is 39.4 Å². The van der Waals surface area contributed by atoms with E-state index in [1.807, 2.05) is 6.92 Å². The van der Waals surface area contributed by atoms with E-state index in [9.17, 15) is 14.3 Å². The number of hydrogen-bond acceptors (Lipinski definition) is 4. The molecule has 2 unspecified atom stereocenters. The van der Waals surface area contributed by atoms with Gasteiger partial charge in [0, 0.05) is 40.0 Å². The van der Waals surface area contributed by atoms with Crippen LogP contribution in [0.4, 0.5) is 5.69 Å². The maximum Gasteiger partial charge on any atom is 0.272 e. The summed E-state index contributed by atoms with van der Waals surface area (Å²) in [4.78, 5) is 10.4. The largest absolute Gasteiger partial charge is 0.328 e. The minimum Gasteiger partial charge on any atom is -0.328 e. The van der Waals surface area contributed by atoms with Crippen LogP contribution < -0.4 is 5.73 Å². The van der Waals surface area contributed by atoms with Gasteiger partial charge in [0.25, 0.3) is 5.69 Å². The maximum atomic E-state index is 11.8. The van der Waals surface area contributed by atoms with Gasteiger partial charge in [-0.25, -0.2) is 0 Å². The van der Waals surface area contributed by atoms with E-state index >= 15 is 0 Å². The van der Waals surface area contributed by atoms with Gasteiger partial charge in [-0.3, -0.25) is 14.3 Å². The molecule has 18 heavy (non-hydrogen) atoms. The molecule has 5 nitrogen and oxygen atoms in total. The molecule has 0 radical (unpaired) electrons. The smallest absolute Gasteiger partial charge is 0.272 e. The predicted molar refractivity (Wildman–Crippen MR) is 72.8 cm³/mol. The second-order valence-corrected chi connectivity index (χ2v) is 5.95. The lowest BCUT2D eigenvalue weighted by Gasteiger charge is -2.07. The van der Waals surface area contributed by atoms with Crippen LogP contribution >= 0.6 is 0 Å². The van der Waals surface area contributed by atoms with Gasteiger partial charge in [0.2, 0.25) is 0 Å². The van der Waals surface area contributed by atoms with Crippen LogP contribution in [0.3, 0.4) is 0 Å². The number of benzene rings is 1. The lowest BCUT2D eigenvalue weighted by atomic mass is 10.1. The van der Waals surface area contributed by atoms with Crippen molar-refractivity contribution in [2.45, 2.75) is 32.1 Å². The van der Waals surface area contributed by atoms with E-state index in [1.54, 1.807) is 19.1 Å². The summed E-state index contributed by atoms with van der Waals surface area (Å²) in [5.41, 5.74) is 7.05. The van der Waals surface area contributed by atoms with Crippen LogP contribution in [0.15, 0.2) is 18.2 Å². The highest BCUT2D eigenvalue weighted by Gasteiger charge is 2.14. The molecule has 0 aliphatic rings. The summed E-state index contributed by atoms with van der Waals surface area (Å²) in [6.07, 6.45) is 0.695. The molecule has 0 aromatic heterocycles. The van der Waals surface area contributed by atoms with E-state index in [0.29, 0.717) is 23.5 Å². The molecule has 0 amide bonds. The molecule has 1 aromatic carbocycles. The summed E-state index contributed by atoms with van der Waals surface area (Å²) in [5, 5.41) is 10.8. The van der Waals surface area contributed by atoms with E-state index in [-0.39, 0.29) is 11.7 Å². The zero-order valence-electron chi connectivity index (χ0n) is 10.6. The monoisotopic (exact) mass is 270 g/mol. The van der Waals surface area contributed by atoms with Crippen molar-refractivity contribution < 1.29 is 9.13 Å². The number of nitrogens with two attached hydrogens (primary N) is 1. The van der Waals surface area contributed by atoms with E-state index in [2.05, 4.69) is 0 Å². The van der Waals surface area contributed by atoms with Gasteiger partial charge < -0.3 is 5.73 Å². The molecule has 0 saturated heterocycles. The lowest BCUT2D eigenvalue weighted by molar-refractivity contribution is -0.385. The molecule has 1 aromatic rings. The third kappa shape index (κ3) is 4.19. The summed E-state index contributed by atoms with van der Waals surface area (Å²) in [7, 11) is -1.03. The third-order valence-corrected chi connectivity index (χ3v) is 4.06. The highest BCUT2D eigenvalue weighted by molar-refractivity contribution is 7.84. The zero-order chi connectivity index (χ0) is 13.7. The fraction of sp³-hybridized carbons (Fsp3) is 0.500. The Morgan fingerprint density at radius 1 is 1.50 bits per heavy atom. The van der Waals surface area contributed by atoms with Crippen molar-refractivity contribution in [2.75, 3.05) is 5.75 Å². The predicted octanol–water partition coefficient (Wildman–Crippen LogP) is 1.89. The molecule has 2 atom stereocenters. The fourth-order valence-electron chi connectivity index (χ4n) is 1.59. The van der Waals surface area contributed by atoms with Crippen molar-refractivity contribution in [3.63, 3.8) is 0 Å². The first-order valence-electron chi connectivity index (χ1n) is 5.75. The van der Waals surface area contributed by atoms with E-state index in [1.165, 1.54) is 6.07 Å². The molecule has 0 aliphatic carbocycles. The van der Waals surface area contributed by atoms with Crippen LogP contribution in [-0.4, -0.2) is 20.9 Å². The van der Waals surface area contributed by atoms with Crippen molar-refractivity contribution in [1.29, 1.82) is 0 Å². The summed E-state index contributed by atoms with van der Waals surface area (Å²) >= 11 is 0. The Hall–Kier alpha value is -1.27. The Bertz CT molecular complexity index is 461. The molecule has 6 heteroatoms. The van der Waals surface area contributed by atoms with Crippen LogP contribution in [0, 0.1) is 17.0 Å². The lowest BCUT2D eigenvalue weighted by Crippen LogP contribution is -2.18. The molecular formula is C12H18N2O3S. The summed E-state index contributed by atoms with van der Waals surface area (Å²) < 4.78 is 11.8. The zero-order valence-corrected chi connectivity index (χ0v) is 11.4. The number of rotatable bonds is 6. The van der Waals surface area contributed by atoms with Crippen LogP contribution in [-0.2, 0) is 16.6 Å². The van der Waals surface area contributed by atoms with Crippen LogP contribution in [0.2, 0.25) is 0 Å². The van der Waals surface area contributed by atoms with Gasteiger partial charge in [-0.05, 0) is 25.8 Å². The topological polar surface area (TPSA) is 86.2 Å². The number of hydrogen-bond donors (Lipinski definition) is 1. The SMILES string of the molecule is Cc1c(CS(=O)CCC(C)N)cccc1[N+](=O)[O-]. The van der Waals surface area contributed by atoms with E-state index < -0.39 is 15.7 Å². The number of nitro groups is 1. The van der Waals surface area contributed by atoms with Crippen molar-refractivity contribution in [1.82, 2.24) is 0 Å². The van der Waals surface area contributed by atoms with Crippen LogP contribution in [0.5, 0.6) is 0 Å². The minimum absolute atomic E-state index is 0.0279. The van der Waals surface area contributed by atoms with Gasteiger partial charge in [0.15, 0.2) is 0 Å². The molecular weight excluding hydrogens is 252 g/mol. The average Bonchev–Trinajstić information content (AvgIpc) is 2.29. The molecule has 0 aliphatic heterocycles. The Labute approximate surface area is 109 Å². The second kappa shape index (κ2) is 6.61. The quantitative estimate of drug-likeness (QED) is 0.631. The molecule has 1 rings (SSSR count). The highest BCUT2D eigenvalue weighted by Crippen LogP contribution is 2.22. The van der Waals surface area contributed by atoms with Gasteiger partial charge in [-0.1, -0.05) is 12.1 Å². The molecule has 100 valence electrons. The molecule has 0 saturated carbocycles. The Kier molecular flexibility index (Phi) is 5.43. The minimum atomic E-state index is -1.03. The van der Waals surface area contributed by atoms with E-state index in [4.69, 9.17) is 5.73 Å². The highest BCUT2D eigenvalue weighted by atomic mass is 32.2. The van der Waals surface area contributed by atoms with Crippen LogP contribution in [0.25, 0.3) is 0 Å². The fourth-order valence-corrected chi connectivity index (χ4v) is 3.03. The molecule has 0 bridgehead atoms. The van der Waals surface area contributed by atoms with Gasteiger partial charge in [-0.2, -0.15) is 0 Å². The Morgan fingerprint density at radius 3 is 2.72 bits per heavy atom. The second-order valence-electron chi connectivity index (χ2n) is 4.37. The molecule has 2 N–H and O–H groups in total. The molecule has 0 spiro atoms. The van der Waals surface area contributed by atoms with Crippen molar-refractivity contribution in [3.8, 4) is 0 Å². The summed E-state index contributed by atoms with van der Waals surface area (Å²) in [6.45, 7) is 3.56. The average molecular weight is 270 g/mol. The standard InChI is InChI=1S/C12H18N2O3S/c1-9(13)6-7-18(17)8-11-4-3-5-12(10(11)2)14(15)16/h3-5,9H,6-8,13H2,1-2H3. The Balaban J connectivity index is 2.76. The number of nitrogens with zero attached hydrogens (tertiary/aromatic N) is 1. The summed E-state index contributed by atoms with van der Waals surface area (Å²) in [5.74, 6) is 0.875. The normalized spacial score (nSPS) is 14.2. The van der Waals surface area contributed by atoms with Crippen molar-refractivity contribution >= 4 is 16.5 Å².